The number of benzene rings is 3. The quantitative estimate of drug-likeness (QED) is 0.387. The molecule has 0 spiro atoms. The molecule has 0 fully saturated rings. The van der Waals surface area contributed by atoms with Crippen molar-refractivity contribution in [1.29, 1.82) is 0 Å². The van der Waals surface area contributed by atoms with Gasteiger partial charge in [0, 0.05) is 5.41 Å². The zero-order chi connectivity index (χ0) is 23.8. The van der Waals surface area contributed by atoms with Gasteiger partial charge in [0.05, 0.1) is 4.90 Å². The molecule has 1 aliphatic carbocycles. The Morgan fingerprint density at radius 3 is 2.21 bits per heavy atom. The number of hydrogen-bond acceptors (Lipinski definition) is 3. The highest BCUT2D eigenvalue weighted by atomic mass is 32.2. The molecule has 0 amide bonds. The molecule has 0 heterocycles. The summed E-state index contributed by atoms with van der Waals surface area (Å²) >= 11 is 0. The molecule has 7 heteroatoms. The van der Waals surface area contributed by atoms with Crippen molar-refractivity contribution in [3.05, 3.63) is 89.2 Å². The summed E-state index contributed by atoms with van der Waals surface area (Å²) in [5.74, 6) is -1.56. The van der Waals surface area contributed by atoms with E-state index < -0.39 is 27.4 Å². The fraction of sp³-hybridized carbons (Fsp3) is 0.269. The summed E-state index contributed by atoms with van der Waals surface area (Å²) in [6.07, 6.45) is 1.31. The summed E-state index contributed by atoms with van der Waals surface area (Å²) in [5.41, 5.74) is 3.18. The van der Waals surface area contributed by atoms with Crippen LogP contribution in [0.2, 0.25) is 0 Å². The number of nitrogens with one attached hydrogen (secondary N) is 1. The molecule has 0 bridgehead atoms. The van der Waals surface area contributed by atoms with Gasteiger partial charge in [-0.1, -0.05) is 56.3 Å². The highest BCUT2D eigenvalue weighted by Gasteiger charge is 2.44. The minimum atomic E-state index is -4.14. The van der Waals surface area contributed by atoms with Crippen LogP contribution < -0.4 is 4.72 Å². The first kappa shape index (κ1) is 23.1. The molecular weight excluding hydrogens is 441 g/mol. The lowest BCUT2D eigenvalue weighted by molar-refractivity contribution is -0.141. The van der Waals surface area contributed by atoms with Crippen LogP contribution in [-0.2, 0) is 26.7 Å². The predicted octanol–water partition coefficient (Wildman–Crippen LogP) is 4.89. The first-order valence-corrected chi connectivity index (χ1v) is 12.4. The number of carbonyl (C=O) groups is 1. The van der Waals surface area contributed by atoms with Crippen molar-refractivity contribution >= 4 is 16.0 Å². The molecule has 3 aromatic carbocycles. The summed E-state index contributed by atoms with van der Waals surface area (Å²) in [6.45, 7) is 3.74. The van der Waals surface area contributed by atoms with Gasteiger partial charge >= 0.3 is 5.97 Å². The summed E-state index contributed by atoms with van der Waals surface area (Å²) in [4.78, 5) is 12.3. The van der Waals surface area contributed by atoms with E-state index in [1.165, 1.54) is 18.2 Å². The molecule has 0 aromatic heterocycles. The Balaban J connectivity index is 1.71. The Morgan fingerprint density at radius 2 is 1.61 bits per heavy atom. The van der Waals surface area contributed by atoms with Crippen LogP contribution in [-0.4, -0.2) is 25.5 Å². The molecule has 0 radical (unpaired) electrons. The molecule has 0 saturated heterocycles. The van der Waals surface area contributed by atoms with Gasteiger partial charge in [0.15, 0.2) is 0 Å². The van der Waals surface area contributed by atoms with Crippen LogP contribution in [0.25, 0.3) is 11.1 Å². The van der Waals surface area contributed by atoms with Crippen LogP contribution in [0.5, 0.6) is 0 Å². The van der Waals surface area contributed by atoms with Crippen LogP contribution in [0.1, 0.15) is 43.4 Å². The molecule has 33 heavy (non-hydrogen) atoms. The Kier molecular flexibility index (Phi) is 6.12. The zero-order valence-electron chi connectivity index (χ0n) is 18.5. The number of carboxylic acids is 1. The van der Waals surface area contributed by atoms with Crippen LogP contribution in [0, 0.1) is 5.82 Å². The van der Waals surface area contributed by atoms with Gasteiger partial charge in [0.25, 0.3) is 0 Å². The summed E-state index contributed by atoms with van der Waals surface area (Å²) in [5, 5.41) is 10.1. The van der Waals surface area contributed by atoms with Gasteiger partial charge in [-0.2, -0.15) is 4.72 Å². The van der Waals surface area contributed by atoms with E-state index in [4.69, 9.17) is 0 Å². The molecule has 3 aromatic rings. The zero-order valence-corrected chi connectivity index (χ0v) is 19.3. The van der Waals surface area contributed by atoms with Crippen LogP contribution in [0.4, 0.5) is 4.39 Å². The number of aliphatic carboxylic acids is 1. The monoisotopic (exact) mass is 467 g/mol. The Labute approximate surface area is 193 Å². The fourth-order valence-electron chi connectivity index (χ4n) is 4.95. The standard InChI is InChI=1S/C26H26FNO4S/c1-3-26(4-2,19-8-6-5-7-9-19)24(25(29)30)28-33(31,32)21-11-13-23-18(16-21)14-17-15-20(27)10-12-22(17)23/h5-13,15-16,24,28H,3-4,14H2,1-2H3,(H,29,30). The smallest absolute Gasteiger partial charge is 0.322 e. The van der Waals surface area contributed by atoms with Crippen molar-refractivity contribution < 1.29 is 22.7 Å². The summed E-state index contributed by atoms with van der Waals surface area (Å²) < 4.78 is 42.8. The number of carboxylic acid groups (broad SMARTS) is 1. The molecule has 4 rings (SSSR count). The van der Waals surface area contributed by atoms with E-state index in [0.29, 0.717) is 19.3 Å². The third kappa shape index (κ3) is 4.07. The van der Waals surface area contributed by atoms with E-state index in [2.05, 4.69) is 4.72 Å². The van der Waals surface area contributed by atoms with Crippen molar-refractivity contribution in [2.45, 2.75) is 49.5 Å². The highest BCUT2D eigenvalue weighted by molar-refractivity contribution is 7.89. The molecule has 0 aliphatic heterocycles. The maximum absolute atomic E-state index is 13.6. The normalized spacial score (nSPS) is 13.9. The molecule has 1 unspecified atom stereocenters. The van der Waals surface area contributed by atoms with E-state index in [1.54, 1.807) is 18.2 Å². The van der Waals surface area contributed by atoms with Gasteiger partial charge in [-0.15, -0.1) is 0 Å². The SMILES string of the molecule is CCC(CC)(c1ccccc1)C(NS(=O)(=O)c1ccc2c(c1)Cc1cc(F)ccc1-2)C(=O)O. The highest BCUT2D eigenvalue weighted by Crippen LogP contribution is 2.39. The lowest BCUT2D eigenvalue weighted by Gasteiger charge is -2.38. The predicted molar refractivity (Wildman–Crippen MR) is 125 cm³/mol. The minimum absolute atomic E-state index is 0.00468. The van der Waals surface area contributed by atoms with Crippen molar-refractivity contribution in [2.24, 2.45) is 0 Å². The van der Waals surface area contributed by atoms with Gasteiger partial charge in [-0.05, 0) is 71.3 Å². The first-order chi connectivity index (χ1) is 15.7. The average molecular weight is 468 g/mol. The number of rotatable bonds is 8. The fourth-order valence-corrected chi connectivity index (χ4v) is 6.27. The van der Waals surface area contributed by atoms with E-state index in [1.807, 2.05) is 44.2 Å². The minimum Gasteiger partial charge on any atom is -0.480 e. The lowest BCUT2D eigenvalue weighted by atomic mass is 9.70. The summed E-state index contributed by atoms with van der Waals surface area (Å²) in [6, 6.07) is 17.1. The second-order valence-corrected chi connectivity index (χ2v) is 10.1. The van der Waals surface area contributed by atoms with Crippen molar-refractivity contribution in [1.82, 2.24) is 4.72 Å². The van der Waals surface area contributed by atoms with Crippen LogP contribution in [0.3, 0.4) is 0 Å². The molecule has 0 saturated carbocycles. The number of fused-ring (bicyclic) bond motifs is 3. The van der Waals surface area contributed by atoms with Crippen LogP contribution in [0.15, 0.2) is 71.6 Å². The summed E-state index contributed by atoms with van der Waals surface area (Å²) in [7, 11) is -4.14. The second kappa shape index (κ2) is 8.72. The number of hydrogen-bond donors (Lipinski definition) is 2. The van der Waals surface area contributed by atoms with E-state index in [9.17, 15) is 22.7 Å². The topological polar surface area (TPSA) is 83.5 Å². The van der Waals surface area contributed by atoms with Crippen LogP contribution >= 0.6 is 0 Å². The Bertz CT molecular complexity index is 1300. The average Bonchev–Trinajstić information content (AvgIpc) is 3.16. The number of halogens is 1. The van der Waals surface area contributed by atoms with Crippen molar-refractivity contribution in [2.75, 3.05) is 0 Å². The molecule has 5 nitrogen and oxygen atoms in total. The molecule has 2 N–H and O–H groups in total. The maximum atomic E-state index is 13.6. The first-order valence-electron chi connectivity index (χ1n) is 10.9. The third-order valence-electron chi connectivity index (χ3n) is 6.81. The van der Waals surface area contributed by atoms with Gasteiger partial charge in [-0.25, -0.2) is 12.8 Å². The molecule has 1 aliphatic rings. The third-order valence-corrected chi connectivity index (χ3v) is 8.23. The second-order valence-electron chi connectivity index (χ2n) is 8.42. The molecule has 1 atom stereocenters. The van der Waals surface area contributed by atoms with E-state index in [0.717, 1.165) is 27.8 Å². The number of sulfonamides is 1. The maximum Gasteiger partial charge on any atom is 0.322 e. The van der Waals surface area contributed by atoms with Gasteiger partial charge in [0.1, 0.15) is 11.9 Å². The van der Waals surface area contributed by atoms with Gasteiger partial charge < -0.3 is 5.11 Å². The largest absolute Gasteiger partial charge is 0.480 e. The molecule has 172 valence electrons. The Morgan fingerprint density at radius 1 is 1.00 bits per heavy atom. The van der Waals surface area contributed by atoms with Crippen molar-refractivity contribution in [3.8, 4) is 11.1 Å². The Hall–Kier alpha value is -3.03. The van der Waals surface area contributed by atoms with Gasteiger partial charge in [0.2, 0.25) is 10.0 Å². The van der Waals surface area contributed by atoms with Gasteiger partial charge in [-0.3, -0.25) is 4.79 Å². The van der Waals surface area contributed by atoms with E-state index >= 15 is 0 Å². The van der Waals surface area contributed by atoms with Crippen molar-refractivity contribution in [3.63, 3.8) is 0 Å². The lowest BCUT2D eigenvalue weighted by Crippen LogP contribution is -2.54. The van der Waals surface area contributed by atoms with E-state index in [-0.39, 0.29) is 10.7 Å². The molecular formula is C26H26FNO4S.